The number of hydrogen-bond donors (Lipinski definition) is 1. The Bertz CT molecular complexity index is 471. The van der Waals surface area contributed by atoms with Crippen molar-refractivity contribution >= 4 is 11.9 Å². The molecule has 0 saturated heterocycles. The van der Waals surface area contributed by atoms with E-state index in [1.165, 1.54) is 6.07 Å². The quantitative estimate of drug-likeness (QED) is 0.612. The van der Waals surface area contributed by atoms with Crippen LogP contribution in [0.2, 0.25) is 0 Å². The molecule has 5 nitrogen and oxygen atoms in total. The fourth-order valence-corrected chi connectivity index (χ4v) is 1.46. The van der Waals surface area contributed by atoms with E-state index in [0.717, 1.165) is 6.42 Å². The summed E-state index contributed by atoms with van der Waals surface area (Å²) in [5.41, 5.74) is 5.46. The maximum Gasteiger partial charge on any atom is 0.340 e. The van der Waals surface area contributed by atoms with Gasteiger partial charge in [-0.3, -0.25) is 4.79 Å². The average molecular weight is 279 g/mol. The van der Waals surface area contributed by atoms with Crippen molar-refractivity contribution in [3.8, 4) is 5.75 Å². The van der Waals surface area contributed by atoms with E-state index in [1.807, 2.05) is 0 Å². The summed E-state index contributed by atoms with van der Waals surface area (Å²) in [5.74, 6) is -0.254. The van der Waals surface area contributed by atoms with Crippen LogP contribution in [0.25, 0.3) is 0 Å². The number of carbonyl (C=O) groups excluding carboxylic acids is 2. The second-order valence-corrected chi connectivity index (χ2v) is 5.01. The molecule has 0 saturated carbocycles. The predicted molar refractivity (Wildman–Crippen MR) is 75.5 cm³/mol. The van der Waals surface area contributed by atoms with Gasteiger partial charge in [0.15, 0.2) is 6.10 Å². The largest absolute Gasteiger partial charge is 0.425 e. The van der Waals surface area contributed by atoms with Crippen LogP contribution >= 0.6 is 0 Å². The van der Waals surface area contributed by atoms with Crippen LogP contribution in [0, 0.1) is 5.92 Å². The maximum absolute atomic E-state index is 11.8. The third kappa shape index (κ3) is 5.40. The summed E-state index contributed by atoms with van der Waals surface area (Å²) < 4.78 is 10.6. The van der Waals surface area contributed by atoms with Crippen molar-refractivity contribution in [2.24, 2.45) is 11.7 Å². The summed E-state index contributed by atoms with van der Waals surface area (Å²) in [6.07, 6.45) is 0.236. The molecule has 2 N–H and O–H groups in total. The Morgan fingerprint density at radius 3 is 2.55 bits per heavy atom. The molecule has 1 aromatic carbocycles. The maximum atomic E-state index is 11.8. The Balaban J connectivity index is 2.52. The molecule has 0 aromatic heterocycles. The lowest BCUT2D eigenvalue weighted by atomic mass is 10.1. The number of hydrogen-bond acceptors (Lipinski definition) is 4. The van der Waals surface area contributed by atoms with Gasteiger partial charge in [-0.25, -0.2) is 4.79 Å². The van der Waals surface area contributed by atoms with Gasteiger partial charge >= 0.3 is 5.97 Å². The van der Waals surface area contributed by atoms with E-state index in [-0.39, 0.29) is 5.75 Å². The minimum atomic E-state index is -0.647. The Morgan fingerprint density at radius 1 is 1.25 bits per heavy atom. The molecule has 1 aromatic rings. The summed E-state index contributed by atoms with van der Waals surface area (Å²) in [4.78, 5) is 22.8. The van der Waals surface area contributed by atoms with Gasteiger partial charge in [-0.1, -0.05) is 19.9 Å². The second kappa shape index (κ2) is 7.65. The first kappa shape index (κ1) is 16.2. The number of rotatable bonds is 7. The lowest BCUT2D eigenvalue weighted by Gasteiger charge is -2.13. The molecule has 110 valence electrons. The van der Waals surface area contributed by atoms with E-state index in [1.54, 1.807) is 25.1 Å². The van der Waals surface area contributed by atoms with Crippen LogP contribution < -0.4 is 10.5 Å². The minimum absolute atomic E-state index is 0.283. The highest BCUT2D eigenvalue weighted by Crippen LogP contribution is 2.14. The number of nitrogens with two attached hydrogens (primary N) is 1. The Morgan fingerprint density at radius 2 is 1.95 bits per heavy atom. The molecule has 0 aliphatic rings. The molecule has 0 heterocycles. The SMILES string of the molecule is CC(C)CCOC(C)C(=O)Oc1cccc(C(N)=O)c1. The minimum Gasteiger partial charge on any atom is -0.425 e. The molecular formula is C15H21NO4. The molecule has 0 bridgehead atoms. The van der Waals surface area contributed by atoms with E-state index in [2.05, 4.69) is 13.8 Å². The van der Waals surface area contributed by atoms with Crippen molar-refractivity contribution in [2.75, 3.05) is 6.61 Å². The Kier molecular flexibility index (Phi) is 6.18. The second-order valence-electron chi connectivity index (χ2n) is 5.01. The highest BCUT2D eigenvalue weighted by atomic mass is 16.6. The monoisotopic (exact) mass is 279 g/mol. The normalized spacial score (nSPS) is 12.2. The van der Waals surface area contributed by atoms with E-state index in [0.29, 0.717) is 18.1 Å². The number of amides is 1. The summed E-state index contributed by atoms with van der Waals surface area (Å²) in [7, 11) is 0. The first-order valence-corrected chi connectivity index (χ1v) is 6.63. The third-order valence-corrected chi connectivity index (χ3v) is 2.73. The van der Waals surface area contributed by atoms with Crippen LogP contribution in [0.4, 0.5) is 0 Å². The number of ether oxygens (including phenoxy) is 2. The number of benzene rings is 1. The smallest absolute Gasteiger partial charge is 0.340 e. The van der Waals surface area contributed by atoms with E-state index >= 15 is 0 Å². The van der Waals surface area contributed by atoms with Crippen molar-refractivity contribution in [1.29, 1.82) is 0 Å². The fraction of sp³-hybridized carbons (Fsp3) is 0.467. The molecule has 0 fully saturated rings. The third-order valence-electron chi connectivity index (χ3n) is 2.73. The van der Waals surface area contributed by atoms with Crippen molar-refractivity contribution in [3.63, 3.8) is 0 Å². The fourth-order valence-electron chi connectivity index (χ4n) is 1.46. The number of primary amides is 1. The number of carbonyl (C=O) groups is 2. The number of esters is 1. The Labute approximate surface area is 119 Å². The summed E-state index contributed by atoms with van der Waals surface area (Å²) in [5, 5.41) is 0. The van der Waals surface area contributed by atoms with Gasteiger partial charge in [0, 0.05) is 12.2 Å². The van der Waals surface area contributed by atoms with Crippen LogP contribution in [0.5, 0.6) is 5.75 Å². The van der Waals surface area contributed by atoms with Gasteiger partial charge < -0.3 is 15.2 Å². The zero-order valence-electron chi connectivity index (χ0n) is 12.1. The van der Waals surface area contributed by atoms with Gasteiger partial charge in [0.1, 0.15) is 5.75 Å². The van der Waals surface area contributed by atoms with Crippen molar-refractivity contribution in [1.82, 2.24) is 0 Å². The first-order chi connectivity index (χ1) is 9.40. The first-order valence-electron chi connectivity index (χ1n) is 6.63. The zero-order valence-corrected chi connectivity index (χ0v) is 12.1. The summed E-state index contributed by atoms with van der Waals surface area (Å²) >= 11 is 0. The molecule has 1 atom stereocenters. The molecule has 0 aliphatic heterocycles. The molecule has 20 heavy (non-hydrogen) atoms. The lowest BCUT2D eigenvalue weighted by Crippen LogP contribution is -2.26. The van der Waals surface area contributed by atoms with Crippen LogP contribution in [0.1, 0.15) is 37.6 Å². The zero-order chi connectivity index (χ0) is 15.1. The molecule has 1 amide bonds. The average Bonchev–Trinajstić information content (AvgIpc) is 2.38. The van der Waals surface area contributed by atoms with E-state index in [9.17, 15) is 9.59 Å². The van der Waals surface area contributed by atoms with Gasteiger partial charge in [0.25, 0.3) is 0 Å². The van der Waals surface area contributed by atoms with E-state index in [4.69, 9.17) is 15.2 Å². The standard InChI is InChI=1S/C15H21NO4/c1-10(2)7-8-19-11(3)15(18)20-13-6-4-5-12(9-13)14(16)17/h4-6,9-11H,7-8H2,1-3H3,(H2,16,17). The van der Waals surface area contributed by atoms with Crippen LogP contribution in [0.3, 0.4) is 0 Å². The van der Waals surface area contributed by atoms with Crippen LogP contribution in [-0.4, -0.2) is 24.6 Å². The highest BCUT2D eigenvalue weighted by Gasteiger charge is 2.16. The molecule has 1 unspecified atom stereocenters. The topological polar surface area (TPSA) is 78.6 Å². The Hall–Kier alpha value is -1.88. The molecule has 1 rings (SSSR count). The van der Waals surface area contributed by atoms with E-state index < -0.39 is 18.0 Å². The summed E-state index contributed by atoms with van der Waals surface area (Å²) in [6, 6.07) is 6.18. The van der Waals surface area contributed by atoms with Crippen LogP contribution in [-0.2, 0) is 9.53 Å². The molecule has 0 spiro atoms. The molecule has 0 aliphatic carbocycles. The molecule has 0 radical (unpaired) electrons. The van der Waals surface area contributed by atoms with Gasteiger partial charge in [-0.15, -0.1) is 0 Å². The van der Waals surface area contributed by atoms with Gasteiger partial charge in [0.05, 0.1) is 0 Å². The van der Waals surface area contributed by atoms with Gasteiger partial charge in [0.2, 0.25) is 5.91 Å². The van der Waals surface area contributed by atoms with Crippen molar-refractivity contribution < 1.29 is 19.1 Å². The highest BCUT2D eigenvalue weighted by molar-refractivity contribution is 5.93. The van der Waals surface area contributed by atoms with Crippen molar-refractivity contribution in [2.45, 2.75) is 33.3 Å². The van der Waals surface area contributed by atoms with Crippen LogP contribution in [0.15, 0.2) is 24.3 Å². The molecular weight excluding hydrogens is 258 g/mol. The predicted octanol–water partition coefficient (Wildman–Crippen LogP) is 2.14. The van der Waals surface area contributed by atoms with Crippen molar-refractivity contribution in [3.05, 3.63) is 29.8 Å². The van der Waals surface area contributed by atoms with Gasteiger partial charge in [-0.2, -0.15) is 0 Å². The van der Waals surface area contributed by atoms with Gasteiger partial charge in [-0.05, 0) is 37.5 Å². The molecule has 5 heteroatoms. The lowest BCUT2D eigenvalue weighted by molar-refractivity contribution is -0.146. The summed E-state index contributed by atoms with van der Waals surface area (Å²) in [6.45, 7) is 6.32.